The molecule has 10 heteroatoms. The molecule has 0 saturated carbocycles. The van der Waals surface area contributed by atoms with Crippen LogP contribution in [0.4, 0.5) is 10.7 Å². The van der Waals surface area contributed by atoms with Gasteiger partial charge >= 0.3 is 0 Å². The first-order chi connectivity index (χ1) is 16.6. The maximum absolute atomic E-state index is 13.3. The number of methoxy groups -OCH3 is 1. The lowest BCUT2D eigenvalue weighted by Crippen LogP contribution is -2.19. The number of nitrogens with one attached hydrogen (secondary N) is 2. The highest BCUT2D eigenvalue weighted by atomic mass is 32.2. The molecule has 1 aliphatic carbocycles. The van der Waals surface area contributed by atoms with Crippen molar-refractivity contribution in [1.29, 1.82) is 0 Å². The zero-order valence-electron chi connectivity index (χ0n) is 18.5. The molecule has 0 saturated heterocycles. The van der Waals surface area contributed by atoms with Crippen molar-refractivity contribution < 1.29 is 14.3 Å². The molecule has 0 unspecified atom stereocenters. The third-order valence-corrected chi connectivity index (χ3v) is 7.76. The number of carbonyl (C=O) groups is 2. The van der Waals surface area contributed by atoms with Gasteiger partial charge in [-0.1, -0.05) is 17.8 Å². The quantitative estimate of drug-likeness (QED) is 0.364. The second kappa shape index (κ2) is 9.86. The summed E-state index contributed by atoms with van der Waals surface area (Å²) < 4.78 is 7.03. The minimum absolute atomic E-state index is 0.164. The second-order valence-electron chi connectivity index (χ2n) is 7.85. The Hall–Kier alpha value is -3.37. The van der Waals surface area contributed by atoms with Crippen molar-refractivity contribution in [2.45, 2.75) is 30.8 Å². The van der Waals surface area contributed by atoms with Crippen LogP contribution in [0.15, 0.2) is 53.8 Å². The first kappa shape index (κ1) is 22.4. The molecule has 34 heavy (non-hydrogen) atoms. The van der Waals surface area contributed by atoms with Gasteiger partial charge in [0.25, 0.3) is 5.91 Å². The van der Waals surface area contributed by atoms with E-state index in [2.05, 4.69) is 20.8 Å². The molecule has 0 spiro atoms. The molecule has 3 aromatic heterocycles. The van der Waals surface area contributed by atoms with Crippen molar-refractivity contribution >= 4 is 51.2 Å². The average Bonchev–Trinajstić information content (AvgIpc) is 3.44. The van der Waals surface area contributed by atoms with Crippen LogP contribution in [-0.2, 0) is 17.6 Å². The first-order valence-corrected chi connectivity index (χ1v) is 12.7. The van der Waals surface area contributed by atoms with Gasteiger partial charge in [-0.05, 0) is 67.6 Å². The molecule has 5 rings (SSSR count). The van der Waals surface area contributed by atoms with Gasteiger partial charge in [0.2, 0.25) is 5.91 Å². The molecule has 0 atom stereocenters. The Morgan fingerprint density at radius 3 is 2.74 bits per heavy atom. The summed E-state index contributed by atoms with van der Waals surface area (Å²) in [6.07, 6.45) is 5.77. The highest BCUT2D eigenvalue weighted by Gasteiger charge is 2.26. The van der Waals surface area contributed by atoms with Gasteiger partial charge in [0.15, 0.2) is 10.8 Å². The minimum Gasteiger partial charge on any atom is -0.497 e. The van der Waals surface area contributed by atoms with Crippen LogP contribution in [-0.4, -0.2) is 39.3 Å². The fraction of sp³-hybridized carbons (Fsp3) is 0.250. The van der Waals surface area contributed by atoms with E-state index < -0.39 is 0 Å². The van der Waals surface area contributed by atoms with Crippen LogP contribution in [0.25, 0.3) is 5.65 Å². The maximum Gasteiger partial charge on any atom is 0.258 e. The molecular formula is C24H23N5O3S2. The predicted octanol–water partition coefficient (Wildman–Crippen LogP) is 4.66. The Bertz CT molecular complexity index is 1350. The molecule has 2 amide bonds. The van der Waals surface area contributed by atoms with Crippen LogP contribution in [0, 0.1) is 0 Å². The van der Waals surface area contributed by atoms with Gasteiger partial charge in [0.05, 0.1) is 18.4 Å². The number of benzene rings is 1. The van der Waals surface area contributed by atoms with Gasteiger partial charge in [-0.15, -0.1) is 21.5 Å². The van der Waals surface area contributed by atoms with E-state index in [1.165, 1.54) is 28.0 Å². The number of rotatable bonds is 7. The molecule has 3 heterocycles. The Morgan fingerprint density at radius 2 is 1.91 bits per heavy atom. The Kier molecular flexibility index (Phi) is 6.50. The Labute approximate surface area is 204 Å². The largest absolute Gasteiger partial charge is 0.497 e. The number of pyridine rings is 1. The van der Waals surface area contributed by atoms with Crippen LogP contribution in [0.3, 0.4) is 0 Å². The fourth-order valence-corrected chi connectivity index (χ4v) is 6.00. The topological polar surface area (TPSA) is 97.6 Å². The third kappa shape index (κ3) is 4.64. The van der Waals surface area contributed by atoms with Gasteiger partial charge in [-0.3, -0.25) is 14.0 Å². The summed E-state index contributed by atoms with van der Waals surface area (Å²) in [5.74, 6) is 0.486. The van der Waals surface area contributed by atoms with E-state index >= 15 is 0 Å². The number of nitrogens with zero attached hydrogens (tertiary/aromatic N) is 3. The highest BCUT2D eigenvalue weighted by molar-refractivity contribution is 7.99. The molecule has 0 bridgehead atoms. The summed E-state index contributed by atoms with van der Waals surface area (Å²) >= 11 is 2.81. The molecule has 0 aliphatic heterocycles. The molecule has 2 N–H and O–H groups in total. The smallest absolute Gasteiger partial charge is 0.258 e. The monoisotopic (exact) mass is 493 g/mol. The number of amides is 2. The lowest BCUT2D eigenvalue weighted by atomic mass is 9.95. The number of thiophene rings is 1. The molecule has 8 nitrogen and oxygen atoms in total. The number of hydrogen-bond donors (Lipinski definition) is 2. The van der Waals surface area contributed by atoms with Gasteiger partial charge < -0.3 is 15.4 Å². The molecular weight excluding hydrogens is 470 g/mol. The van der Waals surface area contributed by atoms with Crippen LogP contribution < -0.4 is 15.4 Å². The van der Waals surface area contributed by atoms with Crippen LogP contribution in [0.1, 0.15) is 33.6 Å². The van der Waals surface area contributed by atoms with Crippen molar-refractivity contribution in [1.82, 2.24) is 14.6 Å². The molecule has 1 aromatic carbocycles. The molecule has 4 aromatic rings. The van der Waals surface area contributed by atoms with Gasteiger partial charge in [0.1, 0.15) is 10.8 Å². The van der Waals surface area contributed by atoms with Gasteiger partial charge in [-0.25, -0.2) is 0 Å². The zero-order chi connectivity index (χ0) is 23.5. The molecule has 174 valence electrons. The van der Waals surface area contributed by atoms with Crippen molar-refractivity contribution in [3.63, 3.8) is 0 Å². The van der Waals surface area contributed by atoms with Crippen molar-refractivity contribution in [2.75, 3.05) is 23.5 Å². The predicted molar refractivity (Wildman–Crippen MR) is 134 cm³/mol. The van der Waals surface area contributed by atoms with Crippen molar-refractivity contribution in [3.8, 4) is 5.75 Å². The number of ether oxygens (including phenoxy) is 1. The normalized spacial score (nSPS) is 12.9. The van der Waals surface area contributed by atoms with E-state index in [1.807, 2.05) is 28.8 Å². The SMILES string of the molecule is COc1ccc(NC(=O)c2c(NC(=O)CSc3nnc4ccccn34)sc3c2CCCC3)cc1. The number of fused-ring (bicyclic) bond motifs is 2. The van der Waals surface area contributed by atoms with Gasteiger partial charge in [0, 0.05) is 16.8 Å². The summed E-state index contributed by atoms with van der Waals surface area (Å²) in [4.78, 5) is 27.3. The van der Waals surface area contributed by atoms with E-state index in [1.54, 1.807) is 31.4 Å². The Balaban J connectivity index is 1.33. The lowest BCUT2D eigenvalue weighted by Gasteiger charge is -2.13. The maximum atomic E-state index is 13.3. The number of anilines is 2. The second-order valence-corrected chi connectivity index (χ2v) is 9.89. The summed E-state index contributed by atoms with van der Waals surface area (Å²) in [6, 6.07) is 12.8. The van der Waals surface area contributed by atoms with E-state index in [-0.39, 0.29) is 17.6 Å². The summed E-state index contributed by atoms with van der Waals surface area (Å²) in [5.41, 5.74) is 3.03. The Morgan fingerprint density at radius 1 is 1.09 bits per heavy atom. The van der Waals surface area contributed by atoms with Crippen LogP contribution in [0.5, 0.6) is 5.75 Å². The van der Waals surface area contributed by atoms with Crippen LogP contribution in [0.2, 0.25) is 0 Å². The van der Waals surface area contributed by atoms with Gasteiger partial charge in [-0.2, -0.15) is 0 Å². The van der Waals surface area contributed by atoms with E-state index in [4.69, 9.17) is 4.74 Å². The third-order valence-electron chi connectivity index (χ3n) is 5.61. The standard InChI is InChI=1S/C24H23N5O3S2/c1-32-16-11-9-15(10-12-16)25-22(31)21-17-6-2-3-7-18(17)34-23(21)26-20(30)14-33-24-28-27-19-8-4-5-13-29(19)24/h4-5,8-13H,2-3,6-7,14H2,1H3,(H,25,31)(H,26,30). The minimum atomic E-state index is -0.212. The number of hydrogen-bond acceptors (Lipinski definition) is 7. The summed E-state index contributed by atoms with van der Waals surface area (Å²) in [5, 5.41) is 15.5. The molecule has 0 radical (unpaired) electrons. The molecule has 1 aliphatic rings. The number of thioether (sulfide) groups is 1. The first-order valence-electron chi connectivity index (χ1n) is 10.9. The highest BCUT2D eigenvalue weighted by Crippen LogP contribution is 2.38. The molecule has 0 fully saturated rings. The summed E-state index contributed by atoms with van der Waals surface area (Å²) in [7, 11) is 1.60. The lowest BCUT2D eigenvalue weighted by molar-refractivity contribution is -0.113. The van der Waals surface area contributed by atoms with E-state index in [9.17, 15) is 9.59 Å². The number of carbonyl (C=O) groups excluding carboxylic acids is 2. The van der Waals surface area contributed by atoms with Crippen LogP contribution >= 0.6 is 23.1 Å². The van der Waals surface area contributed by atoms with Crippen molar-refractivity contribution in [2.24, 2.45) is 0 Å². The van der Waals surface area contributed by atoms with E-state index in [0.29, 0.717) is 21.4 Å². The fourth-order valence-electron chi connectivity index (χ4n) is 3.97. The van der Waals surface area contributed by atoms with Crippen molar-refractivity contribution in [3.05, 3.63) is 64.7 Å². The number of aryl methyl sites for hydroxylation is 1. The van der Waals surface area contributed by atoms with E-state index in [0.717, 1.165) is 42.6 Å². The summed E-state index contributed by atoms with van der Waals surface area (Å²) in [6.45, 7) is 0. The number of aromatic nitrogens is 3. The average molecular weight is 494 g/mol. The zero-order valence-corrected chi connectivity index (χ0v) is 20.2.